The van der Waals surface area contributed by atoms with Crippen LogP contribution in [0.25, 0.3) is 0 Å². The minimum absolute atomic E-state index is 0.0737. The molecular formula is C17H27N3O3S. The Labute approximate surface area is 144 Å². The zero-order valence-electron chi connectivity index (χ0n) is 14.2. The first-order valence-electron chi connectivity index (χ1n) is 8.50. The lowest BCUT2D eigenvalue weighted by molar-refractivity contribution is -0.121. The van der Waals surface area contributed by atoms with E-state index in [1.165, 1.54) is 0 Å². The van der Waals surface area contributed by atoms with Gasteiger partial charge >= 0.3 is 0 Å². The van der Waals surface area contributed by atoms with Gasteiger partial charge in [0, 0.05) is 26.1 Å². The SMILES string of the molecule is CNCCCC(=O)NCC1CCN(S(=O)(=O)c2ccccc2)CC1. The topological polar surface area (TPSA) is 78.5 Å². The predicted octanol–water partition coefficient (Wildman–Crippen LogP) is 1.20. The molecule has 1 aliphatic rings. The van der Waals surface area contributed by atoms with Crippen molar-refractivity contribution in [3.8, 4) is 0 Å². The number of hydrogen-bond donors (Lipinski definition) is 2. The molecule has 1 aliphatic heterocycles. The van der Waals surface area contributed by atoms with Gasteiger partial charge in [-0.05, 0) is 50.9 Å². The predicted molar refractivity (Wildman–Crippen MR) is 94.1 cm³/mol. The van der Waals surface area contributed by atoms with Gasteiger partial charge in [0.05, 0.1) is 4.90 Å². The van der Waals surface area contributed by atoms with Crippen LogP contribution in [0.3, 0.4) is 0 Å². The number of piperidine rings is 1. The molecule has 24 heavy (non-hydrogen) atoms. The second kappa shape index (κ2) is 9.15. The van der Waals surface area contributed by atoms with Crippen molar-refractivity contribution < 1.29 is 13.2 Å². The fourth-order valence-electron chi connectivity index (χ4n) is 2.87. The molecule has 0 aromatic heterocycles. The van der Waals surface area contributed by atoms with Crippen molar-refractivity contribution in [1.82, 2.24) is 14.9 Å². The molecule has 2 rings (SSSR count). The maximum absolute atomic E-state index is 12.6. The molecule has 7 heteroatoms. The van der Waals surface area contributed by atoms with Gasteiger partial charge in [0.1, 0.15) is 0 Å². The molecule has 1 fully saturated rings. The highest BCUT2D eigenvalue weighted by Crippen LogP contribution is 2.23. The summed E-state index contributed by atoms with van der Waals surface area (Å²) < 4.78 is 26.7. The average molecular weight is 353 g/mol. The van der Waals surface area contributed by atoms with Crippen LogP contribution >= 0.6 is 0 Å². The molecule has 1 heterocycles. The maximum Gasteiger partial charge on any atom is 0.243 e. The summed E-state index contributed by atoms with van der Waals surface area (Å²) in [5, 5.41) is 5.98. The zero-order chi connectivity index (χ0) is 17.4. The summed E-state index contributed by atoms with van der Waals surface area (Å²) in [4.78, 5) is 12.1. The van der Waals surface area contributed by atoms with Crippen molar-refractivity contribution in [2.24, 2.45) is 5.92 Å². The molecular weight excluding hydrogens is 326 g/mol. The lowest BCUT2D eigenvalue weighted by Crippen LogP contribution is -2.41. The number of carbonyl (C=O) groups excluding carboxylic acids is 1. The number of amides is 1. The summed E-state index contributed by atoms with van der Waals surface area (Å²) >= 11 is 0. The molecule has 0 atom stereocenters. The van der Waals surface area contributed by atoms with E-state index >= 15 is 0 Å². The molecule has 134 valence electrons. The van der Waals surface area contributed by atoms with Crippen molar-refractivity contribution in [3.63, 3.8) is 0 Å². The van der Waals surface area contributed by atoms with E-state index in [1.807, 2.05) is 13.1 Å². The minimum atomic E-state index is -3.39. The smallest absolute Gasteiger partial charge is 0.243 e. The van der Waals surface area contributed by atoms with Gasteiger partial charge in [-0.3, -0.25) is 4.79 Å². The van der Waals surface area contributed by atoms with Gasteiger partial charge in [-0.1, -0.05) is 18.2 Å². The van der Waals surface area contributed by atoms with Crippen LogP contribution in [0, 0.1) is 5.92 Å². The summed E-state index contributed by atoms with van der Waals surface area (Å²) in [5.41, 5.74) is 0. The monoisotopic (exact) mass is 353 g/mol. The number of carbonyl (C=O) groups is 1. The number of hydrogen-bond acceptors (Lipinski definition) is 4. The van der Waals surface area contributed by atoms with Crippen LogP contribution in [0.1, 0.15) is 25.7 Å². The fraction of sp³-hybridized carbons (Fsp3) is 0.588. The third kappa shape index (κ3) is 5.29. The molecule has 1 amide bonds. The lowest BCUT2D eigenvalue weighted by Gasteiger charge is -2.31. The molecule has 0 aliphatic carbocycles. The molecule has 0 unspecified atom stereocenters. The van der Waals surface area contributed by atoms with Gasteiger partial charge in [-0.25, -0.2) is 8.42 Å². The highest BCUT2D eigenvalue weighted by Gasteiger charge is 2.29. The zero-order valence-corrected chi connectivity index (χ0v) is 15.0. The van der Waals surface area contributed by atoms with Gasteiger partial charge in [0.2, 0.25) is 15.9 Å². The molecule has 0 saturated carbocycles. The van der Waals surface area contributed by atoms with Crippen LogP contribution in [0.4, 0.5) is 0 Å². The standard InChI is InChI=1S/C17H27N3O3S/c1-18-11-5-8-17(21)19-14-15-9-12-20(13-10-15)24(22,23)16-6-3-2-4-7-16/h2-4,6-7,15,18H,5,8-14H2,1H3,(H,19,21). The second-order valence-corrected chi connectivity index (χ2v) is 8.11. The van der Waals surface area contributed by atoms with Crippen molar-refractivity contribution in [1.29, 1.82) is 0 Å². The van der Waals surface area contributed by atoms with E-state index < -0.39 is 10.0 Å². The van der Waals surface area contributed by atoms with E-state index in [0.29, 0.717) is 36.9 Å². The highest BCUT2D eigenvalue weighted by molar-refractivity contribution is 7.89. The lowest BCUT2D eigenvalue weighted by atomic mass is 9.98. The van der Waals surface area contributed by atoms with Crippen LogP contribution in [-0.2, 0) is 14.8 Å². The van der Waals surface area contributed by atoms with Gasteiger partial charge < -0.3 is 10.6 Å². The van der Waals surface area contributed by atoms with E-state index in [-0.39, 0.29) is 5.91 Å². The van der Waals surface area contributed by atoms with Crippen molar-refractivity contribution in [2.45, 2.75) is 30.6 Å². The summed E-state index contributed by atoms with van der Waals surface area (Å²) in [5.74, 6) is 0.421. The molecule has 1 aromatic carbocycles. The van der Waals surface area contributed by atoms with Gasteiger partial charge in [-0.15, -0.1) is 0 Å². The molecule has 6 nitrogen and oxygen atoms in total. The van der Waals surface area contributed by atoms with Crippen molar-refractivity contribution in [2.75, 3.05) is 33.2 Å². The average Bonchev–Trinajstić information content (AvgIpc) is 2.61. The first kappa shape index (κ1) is 18.9. The molecule has 0 radical (unpaired) electrons. The molecule has 0 spiro atoms. The van der Waals surface area contributed by atoms with Gasteiger partial charge in [-0.2, -0.15) is 4.31 Å². The number of nitrogens with one attached hydrogen (secondary N) is 2. The quantitative estimate of drug-likeness (QED) is 0.689. The van der Waals surface area contributed by atoms with Gasteiger partial charge in [0.25, 0.3) is 0 Å². The van der Waals surface area contributed by atoms with E-state index in [0.717, 1.165) is 25.8 Å². The maximum atomic E-state index is 12.6. The summed E-state index contributed by atoms with van der Waals surface area (Å²) in [6.07, 6.45) is 2.92. The van der Waals surface area contributed by atoms with Crippen LogP contribution in [0.2, 0.25) is 0 Å². The normalized spacial score (nSPS) is 16.9. The molecule has 1 saturated heterocycles. The first-order valence-corrected chi connectivity index (χ1v) is 9.94. The van der Waals surface area contributed by atoms with Crippen LogP contribution in [0.5, 0.6) is 0 Å². The third-order valence-corrected chi connectivity index (χ3v) is 6.29. The Balaban J connectivity index is 1.76. The molecule has 0 bridgehead atoms. The van der Waals surface area contributed by atoms with E-state index in [1.54, 1.807) is 28.6 Å². The third-order valence-electron chi connectivity index (χ3n) is 4.37. The molecule has 2 N–H and O–H groups in total. The Morgan fingerprint density at radius 1 is 1.21 bits per heavy atom. The highest BCUT2D eigenvalue weighted by atomic mass is 32.2. The Morgan fingerprint density at radius 3 is 2.50 bits per heavy atom. The minimum Gasteiger partial charge on any atom is -0.356 e. The number of nitrogens with zero attached hydrogens (tertiary/aromatic N) is 1. The van der Waals surface area contributed by atoms with Crippen molar-refractivity contribution >= 4 is 15.9 Å². The van der Waals surface area contributed by atoms with Gasteiger partial charge in [0.15, 0.2) is 0 Å². The fourth-order valence-corrected chi connectivity index (χ4v) is 4.36. The summed E-state index contributed by atoms with van der Waals surface area (Å²) in [6.45, 7) is 2.50. The van der Waals surface area contributed by atoms with E-state index in [2.05, 4.69) is 10.6 Å². The van der Waals surface area contributed by atoms with Crippen LogP contribution in [0.15, 0.2) is 35.2 Å². The largest absolute Gasteiger partial charge is 0.356 e. The molecule has 1 aromatic rings. The Kier molecular flexibility index (Phi) is 7.20. The summed E-state index contributed by atoms with van der Waals surface area (Å²) in [6, 6.07) is 8.55. The van der Waals surface area contributed by atoms with Crippen LogP contribution in [-0.4, -0.2) is 51.9 Å². The summed E-state index contributed by atoms with van der Waals surface area (Å²) in [7, 11) is -1.52. The Bertz CT molecular complexity index is 611. The first-order chi connectivity index (χ1) is 11.5. The number of sulfonamides is 1. The van der Waals surface area contributed by atoms with E-state index in [9.17, 15) is 13.2 Å². The van der Waals surface area contributed by atoms with Crippen LogP contribution < -0.4 is 10.6 Å². The number of rotatable bonds is 8. The Morgan fingerprint density at radius 2 is 1.88 bits per heavy atom. The Hall–Kier alpha value is -1.44. The number of benzene rings is 1. The van der Waals surface area contributed by atoms with E-state index in [4.69, 9.17) is 0 Å². The van der Waals surface area contributed by atoms with Crippen molar-refractivity contribution in [3.05, 3.63) is 30.3 Å². The second-order valence-electron chi connectivity index (χ2n) is 6.17.